The predicted molar refractivity (Wildman–Crippen MR) is 114 cm³/mol. The summed E-state index contributed by atoms with van der Waals surface area (Å²) < 4.78 is 2.03. The number of halogens is 1. The van der Waals surface area contributed by atoms with Gasteiger partial charge in [0.05, 0.1) is 0 Å². The molecule has 1 aliphatic carbocycles. The molecule has 1 N–H and O–H groups in total. The highest BCUT2D eigenvalue weighted by Gasteiger charge is 2.32. The van der Waals surface area contributed by atoms with Crippen LogP contribution in [-0.2, 0) is 11.8 Å². The highest BCUT2D eigenvalue weighted by molar-refractivity contribution is 5.85. The van der Waals surface area contributed by atoms with E-state index in [0.717, 1.165) is 38.3 Å². The summed E-state index contributed by atoms with van der Waals surface area (Å²) in [6.07, 6.45) is 9.17. The number of aromatic nitrogens is 2. The largest absolute Gasteiger partial charge is 0.336 e. The van der Waals surface area contributed by atoms with Gasteiger partial charge in [-0.2, -0.15) is 0 Å². The standard InChI is InChI=1S/C22H30N4O.ClH/c1-25-13-12-24-22(25)20-16-23-11-14-26(20)21(27)15-17-7-9-19(10-8-17)18-5-3-2-4-6-18;/h2-6,12-13,17,19-20,23H,7-11,14-16H2,1H3;1H. The highest BCUT2D eigenvalue weighted by Crippen LogP contribution is 2.37. The molecule has 1 unspecified atom stereocenters. The van der Waals surface area contributed by atoms with Crippen molar-refractivity contribution in [1.82, 2.24) is 19.8 Å². The Hall–Kier alpha value is -1.85. The van der Waals surface area contributed by atoms with E-state index in [0.29, 0.717) is 24.2 Å². The van der Waals surface area contributed by atoms with Crippen LogP contribution in [0.15, 0.2) is 42.7 Å². The fraction of sp³-hybridized carbons (Fsp3) is 0.545. The van der Waals surface area contributed by atoms with Crippen molar-refractivity contribution in [2.24, 2.45) is 13.0 Å². The van der Waals surface area contributed by atoms with Crippen molar-refractivity contribution in [3.05, 3.63) is 54.1 Å². The number of piperazine rings is 1. The second-order valence-electron chi connectivity index (χ2n) is 8.04. The van der Waals surface area contributed by atoms with Gasteiger partial charge in [0, 0.05) is 45.5 Å². The van der Waals surface area contributed by atoms with E-state index in [2.05, 4.69) is 45.5 Å². The summed E-state index contributed by atoms with van der Waals surface area (Å²) in [6.45, 7) is 2.43. The van der Waals surface area contributed by atoms with Gasteiger partial charge >= 0.3 is 0 Å². The number of imidazole rings is 1. The SMILES string of the molecule is Cl.Cn1ccnc1C1CNCCN1C(=O)CC1CCC(c2ccccc2)CC1. The Morgan fingerprint density at radius 3 is 2.61 bits per heavy atom. The number of nitrogens with one attached hydrogen (secondary N) is 1. The van der Waals surface area contributed by atoms with Crippen LogP contribution in [0, 0.1) is 5.92 Å². The molecule has 0 radical (unpaired) electrons. The smallest absolute Gasteiger partial charge is 0.223 e. The van der Waals surface area contributed by atoms with Gasteiger partial charge in [-0.15, -0.1) is 12.4 Å². The average Bonchev–Trinajstić information content (AvgIpc) is 3.15. The molecule has 1 atom stereocenters. The topological polar surface area (TPSA) is 50.2 Å². The van der Waals surface area contributed by atoms with Crippen molar-refractivity contribution in [1.29, 1.82) is 0 Å². The molecule has 1 aromatic carbocycles. The van der Waals surface area contributed by atoms with E-state index in [4.69, 9.17) is 0 Å². The molecule has 1 aliphatic heterocycles. The van der Waals surface area contributed by atoms with Crippen molar-refractivity contribution in [3.8, 4) is 0 Å². The highest BCUT2D eigenvalue weighted by atomic mass is 35.5. The minimum atomic E-state index is 0. The maximum Gasteiger partial charge on any atom is 0.223 e. The van der Waals surface area contributed by atoms with Gasteiger partial charge in [-0.1, -0.05) is 30.3 Å². The molecule has 5 nitrogen and oxygen atoms in total. The normalized spacial score (nSPS) is 25.2. The van der Waals surface area contributed by atoms with Crippen LogP contribution in [0.2, 0.25) is 0 Å². The van der Waals surface area contributed by atoms with Crippen LogP contribution in [0.25, 0.3) is 0 Å². The number of carbonyl (C=O) groups is 1. The van der Waals surface area contributed by atoms with Gasteiger partial charge in [0.25, 0.3) is 0 Å². The fourth-order valence-electron chi connectivity index (χ4n) is 4.72. The fourth-order valence-corrected chi connectivity index (χ4v) is 4.72. The molecule has 152 valence electrons. The number of benzene rings is 1. The molecular weight excluding hydrogens is 372 g/mol. The summed E-state index contributed by atoms with van der Waals surface area (Å²) >= 11 is 0. The predicted octanol–water partition coefficient (Wildman–Crippen LogP) is 3.68. The van der Waals surface area contributed by atoms with E-state index < -0.39 is 0 Å². The molecular formula is C22H31ClN4O. The van der Waals surface area contributed by atoms with E-state index in [1.165, 1.54) is 18.4 Å². The lowest BCUT2D eigenvalue weighted by Gasteiger charge is -2.37. The second-order valence-corrected chi connectivity index (χ2v) is 8.04. The molecule has 2 aliphatic rings. The summed E-state index contributed by atoms with van der Waals surface area (Å²) in [6, 6.07) is 10.9. The van der Waals surface area contributed by atoms with E-state index in [-0.39, 0.29) is 18.4 Å². The number of aryl methyl sites for hydroxylation is 1. The first-order chi connectivity index (χ1) is 13.2. The van der Waals surface area contributed by atoms with Crippen molar-refractivity contribution in [3.63, 3.8) is 0 Å². The zero-order valence-electron chi connectivity index (χ0n) is 16.6. The minimum absolute atomic E-state index is 0. The third-order valence-electron chi connectivity index (χ3n) is 6.30. The minimum Gasteiger partial charge on any atom is -0.336 e. The van der Waals surface area contributed by atoms with Crippen LogP contribution in [0.5, 0.6) is 0 Å². The number of carbonyl (C=O) groups excluding carboxylic acids is 1. The van der Waals surface area contributed by atoms with Crippen LogP contribution >= 0.6 is 12.4 Å². The monoisotopic (exact) mass is 402 g/mol. The third-order valence-corrected chi connectivity index (χ3v) is 6.30. The molecule has 2 aromatic rings. The molecule has 0 spiro atoms. The number of nitrogens with zero attached hydrogens (tertiary/aromatic N) is 3. The second kappa shape index (κ2) is 9.57. The molecule has 6 heteroatoms. The van der Waals surface area contributed by atoms with E-state index >= 15 is 0 Å². The molecule has 1 saturated heterocycles. The zero-order valence-corrected chi connectivity index (χ0v) is 17.4. The maximum atomic E-state index is 13.1. The Morgan fingerprint density at radius 1 is 1.18 bits per heavy atom. The number of hydrogen-bond donors (Lipinski definition) is 1. The average molecular weight is 403 g/mol. The Labute approximate surface area is 173 Å². The van der Waals surface area contributed by atoms with Gasteiger partial charge < -0.3 is 14.8 Å². The van der Waals surface area contributed by atoms with Crippen LogP contribution in [0.4, 0.5) is 0 Å². The molecule has 1 saturated carbocycles. The Bertz CT molecular complexity index is 755. The van der Waals surface area contributed by atoms with Crippen molar-refractivity contribution < 1.29 is 4.79 Å². The van der Waals surface area contributed by atoms with Crippen molar-refractivity contribution >= 4 is 18.3 Å². The maximum absolute atomic E-state index is 13.1. The van der Waals surface area contributed by atoms with Crippen LogP contribution < -0.4 is 5.32 Å². The molecule has 1 amide bonds. The first-order valence-electron chi connectivity index (χ1n) is 10.2. The lowest BCUT2D eigenvalue weighted by molar-refractivity contribution is -0.136. The molecule has 28 heavy (non-hydrogen) atoms. The quantitative estimate of drug-likeness (QED) is 0.848. The summed E-state index contributed by atoms with van der Waals surface area (Å²) in [4.78, 5) is 19.6. The molecule has 2 fully saturated rings. The molecule has 0 bridgehead atoms. The lowest BCUT2D eigenvalue weighted by Crippen LogP contribution is -2.49. The van der Waals surface area contributed by atoms with Crippen LogP contribution in [0.3, 0.4) is 0 Å². The molecule has 2 heterocycles. The number of hydrogen-bond acceptors (Lipinski definition) is 3. The van der Waals surface area contributed by atoms with Crippen molar-refractivity contribution in [2.75, 3.05) is 19.6 Å². The van der Waals surface area contributed by atoms with Crippen LogP contribution in [-0.4, -0.2) is 40.0 Å². The number of rotatable bonds is 4. The van der Waals surface area contributed by atoms with Gasteiger partial charge in [-0.05, 0) is 43.1 Å². The first kappa shape index (κ1) is 20.9. The summed E-state index contributed by atoms with van der Waals surface area (Å²) in [5.74, 6) is 2.46. The third kappa shape index (κ3) is 4.58. The van der Waals surface area contributed by atoms with E-state index in [1.54, 1.807) is 0 Å². The van der Waals surface area contributed by atoms with Crippen molar-refractivity contribution in [2.45, 2.75) is 44.1 Å². The Balaban J connectivity index is 0.00000225. The number of amides is 1. The van der Waals surface area contributed by atoms with Gasteiger partial charge in [0.2, 0.25) is 5.91 Å². The van der Waals surface area contributed by atoms with Gasteiger partial charge in [0.1, 0.15) is 11.9 Å². The molecule has 4 rings (SSSR count). The summed E-state index contributed by atoms with van der Waals surface area (Å²) in [5, 5.41) is 3.42. The van der Waals surface area contributed by atoms with Gasteiger partial charge in [-0.3, -0.25) is 4.79 Å². The molecule has 1 aromatic heterocycles. The summed E-state index contributed by atoms with van der Waals surface area (Å²) in [5.41, 5.74) is 1.46. The first-order valence-corrected chi connectivity index (χ1v) is 10.2. The summed E-state index contributed by atoms with van der Waals surface area (Å²) in [7, 11) is 2.00. The Kier molecular flexibility index (Phi) is 7.13. The Morgan fingerprint density at radius 2 is 1.93 bits per heavy atom. The lowest BCUT2D eigenvalue weighted by atomic mass is 9.77. The van der Waals surface area contributed by atoms with E-state index in [9.17, 15) is 4.79 Å². The van der Waals surface area contributed by atoms with Gasteiger partial charge in [-0.25, -0.2) is 4.98 Å². The van der Waals surface area contributed by atoms with Crippen LogP contribution in [0.1, 0.15) is 55.5 Å². The zero-order chi connectivity index (χ0) is 18.6. The van der Waals surface area contributed by atoms with Gasteiger partial charge in [0.15, 0.2) is 0 Å². The van der Waals surface area contributed by atoms with E-state index in [1.807, 2.05) is 24.0 Å².